The van der Waals surface area contributed by atoms with Gasteiger partial charge in [0.05, 0.1) is 51.1 Å². The summed E-state index contributed by atoms with van der Waals surface area (Å²) >= 11 is 18.3. The number of halogens is 3. The van der Waals surface area contributed by atoms with E-state index in [1.54, 1.807) is 36.8 Å². The molecule has 330 valence electrons. The number of nitrogens with zero attached hydrogens (tertiary/aromatic N) is 4. The van der Waals surface area contributed by atoms with E-state index < -0.39 is 0 Å². The van der Waals surface area contributed by atoms with Gasteiger partial charge in [0.15, 0.2) is 35.0 Å². The standard InChI is InChI=1S/C13H13Cl2NO.C13H14ClNO.C13H16N2.C13H15NO/c1-13(2,3)12-16-7-10(17-12)11-8(14)5-4-6-9(11)15;1-13(2,3)12-15-8-11(16-12)9-6-4-5-7-10(9)14;2*1-13(2,3)12-14-9-11(15-12)10-7-5-4-6-8-10/h4-7H,1-3H3;4-8H,1-3H3;4-9H,1-3H3,(H,14,15);4-9H,1-3H3. The fourth-order valence-electron chi connectivity index (χ4n) is 5.70. The minimum Gasteiger partial charge on any atom is -0.440 e. The summed E-state index contributed by atoms with van der Waals surface area (Å²) in [5, 5.41) is 1.81. The highest BCUT2D eigenvalue weighted by Crippen LogP contribution is 2.37. The molecule has 4 aromatic carbocycles. The minimum atomic E-state index is -0.133. The SMILES string of the molecule is CC(C)(C)c1ncc(-c2c(Cl)cccc2Cl)o1.CC(C)(C)c1ncc(-c2ccccc2)[nH]1.CC(C)(C)c1ncc(-c2ccccc2)o1.CC(C)(C)c1ncc(-c2ccccc2Cl)o1. The summed E-state index contributed by atoms with van der Waals surface area (Å²) in [6.45, 7) is 25.0. The number of rotatable bonds is 4. The van der Waals surface area contributed by atoms with Crippen molar-refractivity contribution in [2.24, 2.45) is 0 Å². The van der Waals surface area contributed by atoms with Gasteiger partial charge in [-0.3, -0.25) is 0 Å². The Labute approximate surface area is 387 Å². The number of nitrogens with one attached hydrogen (secondary N) is 1. The predicted molar refractivity (Wildman–Crippen MR) is 260 cm³/mol. The van der Waals surface area contributed by atoms with E-state index in [-0.39, 0.29) is 21.7 Å². The summed E-state index contributed by atoms with van der Waals surface area (Å²) in [4.78, 5) is 20.6. The molecule has 0 bridgehead atoms. The number of hydrogen-bond donors (Lipinski definition) is 1. The van der Waals surface area contributed by atoms with Gasteiger partial charge in [0, 0.05) is 32.8 Å². The fourth-order valence-corrected chi connectivity index (χ4v) is 6.51. The van der Waals surface area contributed by atoms with Crippen molar-refractivity contribution in [3.05, 3.63) is 166 Å². The molecular weight excluding hydrogens is 849 g/mol. The van der Waals surface area contributed by atoms with Gasteiger partial charge in [0.25, 0.3) is 0 Å². The molecule has 0 aliphatic rings. The molecular formula is C52H58Cl3N5O3. The molecule has 0 radical (unpaired) electrons. The number of H-pyrrole nitrogens is 1. The number of benzene rings is 4. The fraction of sp³-hybridized carbons (Fsp3) is 0.308. The van der Waals surface area contributed by atoms with Crippen LogP contribution in [0.15, 0.2) is 141 Å². The summed E-state index contributed by atoms with van der Waals surface area (Å²) < 4.78 is 17.2. The smallest absolute Gasteiger partial charge is 0.200 e. The van der Waals surface area contributed by atoms with Crippen LogP contribution in [0.4, 0.5) is 0 Å². The number of oxazole rings is 3. The second kappa shape index (κ2) is 20.4. The van der Waals surface area contributed by atoms with Crippen LogP contribution in [-0.4, -0.2) is 24.9 Å². The maximum Gasteiger partial charge on any atom is 0.200 e. The molecule has 0 spiro atoms. The Bertz CT molecular complexity index is 2540. The first-order chi connectivity index (χ1) is 29.5. The van der Waals surface area contributed by atoms with E-state index >= 15 is 0 Å². The van der Waals surface area contributed by atoms with Crippen LogP contribution in [0.25, 0.3) is 45.2 Å². The van der Waals surface area contributed by atoms with Crippen molar-refractivity contribution in [3.8, 4) is 45.2 Å². The van der Waals surface area contributed by atoms with Crippen LogP contribution in [-0.2, 0) is 21.7 Å². The zero-order valence-corrected chi connectivity index (χ0v) is 40.5. The summed E-state index contributed by atoms with van der Waals surface area (Å²) in [6.07, 6.45) is 7.07. The van der Waals surface area contributed by atoms with Gasteiger partial charge in [0.2, 0.25) is 0 Å². The van der Waals surface area contributed by atoms with Crippen LogP contribution in [0, 0.1) is 0 Å². The topological polar surface area (TPSA) is 107 Å². The maximum absolute atomic E-state index is 6.12. The van der Waals surface area contributed by atoms with Gasteiger partial charge in [-0.25, -0.2) is 19.9 Å². The number of aromatic nitrogens is 5. The molecule has 8 aromatic rings. The predicted octanol–water partition coefficient (Wildman–Crippen LogP) is 16.3. The van der Waals surface area contributed by atoms with Gasteiger partial charge in [0.1, 0.15) is 5.82 Å². The van der Waals surface area contributed by atoms with Crippen LogP contribution >= 0.6 is 34.8 Å². The number of imidazole rings is 1. The lowest BCUT2D eigenvalue weighted by Gasteiger charge is -2.14. The third-order valence-electron chi connectivity index (χ3n) is 9.22. The monoisotopic (exact) mass is 905 g/mol. The van der Waals surface area contributed by atoms with Crippen LogP contribution in [0.2, 0.25) is 15.1 Å². The molecule has 4 heterocycles. The third kappa shape index (κ3) is 13.5. The highest BCUT2D eigenvalue weighted by molar-refractivity contribution is 6.39. The molecule has 8 rings (SSSR count). The zero-order chi connectivity index (χ0) is 46.2. The van der Waals surface area contributed by atoms with E-state index in [4.69, 9.17) is 48.1 Å². The molecule has 0 aliphatic heterocycles. The second-order valence-corrected chi connectivity index (χ2v) is 20.3. The Kier molecular flexibility index (Phi) is 15.7. The van der Waals surface area contributed by atoms with Gasteiger partial charge >= 0.3 is 0 Å². The molecule has 11 heteroatoms. The lowest BCUT2D eigenvalue weighted by Crippen LogP contribution is -2.13. The van der Waals surface area contributed by atoms with Gasteiger partial charge in [-0.1, -0.05) is 197 Å². The highest BCUT2D eigenvalue weighted by Gasteiger charge is 2.24. The Morgan fingerprint density at radius 2 is 0.810 bits per heavy atom. The number of hydrogen-bond acceptors (Lipinski definition) is 7. The van der Waals surface area contributed by atoms with Crippen LogP contribution in [0.1, 0.15) is 107 Å². The van der Waals surface area contributed by atoms with E-state index in [0.29, 0.717) is 32.3 Å². The van der Waals surface area contributed by atoms with Crippen molar-refractivity contribution in [1.29, 1.82) is 0 Å². The van der Waals surface area contributed by atoms with Gasteiger partial charge < -0.3 is 18.2 Å². The van der Waals surface area contributed by atoms with E-state index in [0.717, 1.165) is 45.9 Å². The van der Waals surface area contributed by atoms with E-state index in [2.05, 4.69) is 99.4 Å². The van der Waals surface area contributed by atoms with Crippen molar-refractivity contribution in [2.45, 2.75) is 105 Å². The molecule has 0 aliphatic carbocycles. The second-order valence-electron chi connectivity index (χ2n) is 19.0. The third-order valence-corrected chi connectivity index (χ3v) is 10.2. The first-order valence-electron chi connectivity index (χ1n) is 20.8. The van der Waals surface area contributed by atoms with E-state index in [1.165, 1.54) is 5.56 Å². The summed E-state index contributed by atoms with van der Waals surface area (Å²) in [5.74, 6) is 5.36. The minimum absolute atomic E-state index is 0.0347. The molecule has 63 heavy (non-hydrogen) atoms. The average molecular weight is 907 g/mol. The van der Waals surface area contributed by atoms with Crippen LogP contribution in [0.5, 0.6) is 0 Å². The zero-order valence-electron chi connectivity index (χ0n) is 38.3. The molecule has 0 saturated carbocycles. The van der Waals surface area contributed by atoms with Gasteiger partial charge in [-0.05, 0) is 29.8 Å². The van der Waals surface area contributed by atoms with Crippen LogP contribution in [0.3, 0.4) is 0 Å². The Hall–Kier alpha value is -5.41. The summed E-state index contributed by atoms with van der Waals surface area (Å²) in [6, 6.07) is 33.2. The summed E-state index contributed by atoms with van der Waals surface area (Å²) in [5.41, 5.74) is 4.73. The van der Waals surface area contributed by atoms with Crippen molar-refractivity contribution >= 4 is 34.8 Å². The summed E-state index contributed by atoms with van der Waals surface area (Å²) in [7, 11) is 0. The molecule has 0 fully saturated rings. The largest absolute Gasteiger partial charge is 0.440 e. The average Bonchev–Trinajstić information content (AvgIpc) is 4.06. The van der Waals surface area contributed by atoms with Gasteiger partial charge in [-0.15, -0.1) is 0 Å². The molecule has 0 atom stereocenters. The molecule has 4 aromatic heterocycles. The molecule has 8 nitrogen and oxygen atoms in total. The molecule has 1 N–H and O–H groups in total. The molecule has 0 amide bonds. The van der Waals surface area contributed by atoms with Crippen molar-refractivity contribution in [1.82, 2.24) is 24.9 Å². The maximum atomic E-state index is 6.12. The normalized spacial score (nSPS) is 11.7. The van der Waals surface area contributed by atoms with E-state index in [1.807, 2.05) is 99.8 Å². The van der Waals surface area contributed by atoms with Crippen LogP contribution < -0.4 is 0 Å². The van der Waals surface area contributed by atoms with Crippen molar-refractivity contribution < 1.29 is 13.3 Å². The first-order valence-corrected chi connectivity index (χ1v) is 21.9. The Morgan fingerprint density at radius 3 is 1.27 bits per heavy atom. The number of aromatic amines is 1. The van der Waals surface area contributed by atoms with E-state index in [9.17, 15) is 0 Å². The first kappa shape index (κ1) is 48.6. The molecule has 0 saturated heterocycles. The molecule has 0 unspecified atom stereocenters. The van der Waals surface area contributed by atoms with Crippen molar-refractivity contribution in [3.63, 3.8) is 0 Å². The lowest BCUT2D eigenvalue weighted by atomic mass is 9.96. The van der Waals surface area contributed by atoms with Crippen molar-refractivity contribution in [2.75, 3.05) is 0 Å². The van der Waals surface area contributed by atoms with Gasteiger partial charge in [-0.2, -0.15) is 0 Å². The quantitative estimate of drug-likeness (QED) is 0.187. The Balaban J connectivity index is 0.000000159. The highest BCUT2D eigenvalue weighted by atomic mass is 35.5. The lowest BCUT2D eigenvalue weighted by molar-refractivity contribution is 0.399. The Morgan fingerprint density at radius 1 is 0.397 bits per heavy atom.